The van der Waals surface area contributed by atoms with E-state index < -0.39 is 30.4 Å². The first-order valence-electron chi connectivity index (χ1n) is 23.5. The molecule has 0 aromatic carbocycles. The van der Waals surface area contributed by atoms with Gasteiger partial charge in [0.15, 0.2) is 5.79 Å². The quantitative estimate of drug-likeness (QED) is 0.255. The second-order valence-corrected chi connectivity index (χ2v) is 20.2. The number of halogens is 3. The number of nitrogens with zero attached hydrogens (tertiary/aromatic N) is 2. The standard InChI is InChI=1S/C46H67F3N2O11/c1-24-16-28-6-8-33-25(2)17-30(55-33)10-11-45-22-38-41(61-45)42-43(60-38)44(62-45)40-34(59-42)9-7-29(57-40)18-27(52)19-32-36(21-35(56-28)26(24)3)58-37(39(32)54-5)20-31(53-4)23-50-12-14-51(15-13-50)46(47,48)49/h24,28-44H,2-3,6-23H2,1,4-5H3/t24-,28+,29-,30+,31+,32+,33+,34+,35-,36+,37-,38-,39-,40+,41+,42+,43-,44+,45+/m1/s1. The highest BCUT2D eigenvalue weighted by Gasteiger charge is 2.69. The maximum atomic E-state index is 14.4. The van der Waals surface area contributed by atoms with E-state index in [0.717, 1.165) is 49.7 Å². The molecule has 0 aromatic rings. The predicted octanol–water partition coefficient (Wildman–Crippen LogP) is 5.27. The number of carbonyl (C=O) groups excluding carboxylic acids is 1. The third kappa shape index (κ3) is 8.64. The molecule has 11 rings (SSSR count). The van der Waals surface area contributed by atoms with Gasteiger partial charge in [0.25, 0.3) is 0 Å². The van der Waals surface area contributed by atoms with Gasteiger partial charge in [-0.2, -0.15) is 13.2 Å². The van der Waals surface area contributed by atoms with Crippen LogP contribution in [0.3, 0.4) is 0 Å². The largest absolute Gasteiger partial charge is 0.460 e. The lowest BCUT2D eigenvalue weighted by Crippen LogP contribution is -2.61. The van der Waals surface area contributed by atoms with Crippen molar-refractivity contribution in [3.8, 4) is 0 Å². The highest BCUT2D eigenvalue weighted by atomic mass is 19.4. The summed E-state index contributed by atoms with van der Waals surface area (Å²) in [4.78, 5) is 16.9. The molecule has 0 aliphatic carbocycles. The minimum atomic E-state index is -4.34. The minimum absolute atomic E-state index is 0.00428. The summed E-state index contributed by atoms with van der Waals surface area (Å²) in [7, 11) is 3.29. The lowest BCUT2D eigenvalue weighted by atomic mass is 9.81. The highest BCUT2D eigenvalue weighted by molar-refractivity contribution is 5.79. The Kier molecular flexibility index (Phi) is 12.6. The number of ketones is 1. The molecular formula is C46H67F3N2O11. The van der Waals surface area contributed by atoms with Crippen molar-refractivity contribution >= 4 is 5.78 Å². The molecule has 0 amide bonds. The van der Waals surface area contributed by atoms with Crippen molar-refractivity contribution in [3.63, 3.8) is 0 Å². The summed E-state index contributed by atoms with van der Waals surface area (Å²) in [5.74, 6) is -0.793. The average molecular weight is 881 g/mol. The van der Waals surface area contributed by atoms with Gasteiger partial charge in [0.05, 0.1) is 67.1 Å². The van der Waals surface area contributed by atoms with Gasteiger partial charge in [-0.05, 0) is 62.0 Å². The van der Waals surface area contributed by atoms with Gasteiger partial charge in [-0.1, -0.05) is 20.1 Å². The highest BCUT2D eigenvalue weighted by Crippen LogP contribution is 2.54. The Bertz CT molecular complexity index is 1670. The Hall–Kier alpha value is -1.54. The van der Waals surface area contributed by atoms with E-state index in [2.05, 4.69) is 20.1 Å². The summed E-state index contributed by atoms with van der Waals surface area (Å²) in [6.07, 6.45) is 0.0327. The first-order valence-corrected chi connectivity index (χ1v) is 23.5. The lowest BCUT2D eigenvalue weighted by molar-refractivity contribution is -0.292. The summed E-state index contributed by atoms with van der Waals surface area (Å²) in [6, 6.07) is 0. The molecule has 0 unspecified atom stereocenters. The number of hydrogen-bond acceptors (Lipinski definition) is 13. The van der Waals surface area contributed by atoms with Crippen LogP contribution < -0.4 is 0 Å². The molecule has 11 heterocycles. The van der Waals surface area contributed by atoms with Gasteiger partial charge in [-0.3, -0.25) is 9.69 Å². The monoisotopic (exact) mass is 880 g/mol. The molecule has 0 N–H and O–H groups in total. The molecule has 16 heteroatoms. The molecule has 12 bridgehead atoms. The van der Waals surface area contributed by atoms with Crippen molar-refractivity contribution in [2.24, 2.45) is 11.8 Å². The maximum absolute atomic E-state index is 14.4. The van der Waals surface area contributed by atoms with Crippen molar-refractivity contribution in [1.29, 1.82) is 0 Å². The van der Waals surface area contributed by atoms with Crippen LogP contribution in [0.2, 0.25) is 0 Å². The number of fused-ring (bicyclic) bond motifs is 6. The first kappa shape index (κ1) is 44.3. The third-order valence-electron chi connectivity index (χ3n) is 16.2. The van der Waals surface area contributed by atoms with Gasteiger partial charge >= 0.3 is 6.30 Å². The zero-order valence-electron chi connectivity index (χ0n) is 36.6. The van der Waals surface area contributed by atoms with Crippen molar-refractivity contribution in [2.75, 3.05) is 46.9 Å². The molecule has 11 aliphatic rings. The van der Waals surface area contributed by atoms with Gasteiger partial charge < -0.3 is 47.4 Å². The van der Waals surface area contributed by atoms with Crippen LogP contribution in [0.15, 0.2) is 24.3 Å². The molecule has 11 saturated heterocycles. The Morgan fingerprint density at radius 2 is 1.48 bits per heavy atom. The van der Waals surface area contributed by atoms with E-state index in [0.29, 0.717) is 43.5 Å². The van der Waals surface area contributed by atoms with Gasteiger partial charge in [-0.15, -0.1) is 0 Å². The number of alkyl halides is 3. The molecule has 1 spiro atoms. The summed E-state index contributed by atoms with van der Waals surface area (Å²) >= 11 is 0. The summed E-state index contributed by atoms with van der Waals surface area (Å²) in [5, 5.41) is 0. The van der Waals surface area contributed by atoms with Crippen molar-refractivity contribution in [1.82, 2.24) is 9.80 Å². The molecule has 11 aliphatic heterocycles. The zero-order valence-corrected chi connectivity index (χ0v) is 36.6. The summed E-state index contributed by atoms with van der Waals surface area (Å²) < 4.78 is 107. The molecule has 0 aromatic heterocycles. The smallest absolute Gasteiger partial charge is 0.380 e. The van der Waals surface area contributed by atoms with E-state index in [1.807, 2.05) is 4.90 Å². The van der Waals surface area contributed by atoms with Crippen LogP contribution in [0, 0.1) is 11.8 Å². The van der Waals surface area contributed by atoms with Crippen molar-refractivity contribution in [3.05, 3.63) is 24.3 Å². The molecule has 0 radical (unpaired) electrons. The molecule has 0 saturated carbocycles. The second-order valence-electron chi connectivity index (χ2n) is 20.2. The van der Waals surface area contributed by atoms with Crippen molar-refractivity contribution < 1.29 is 65.3 Å². The SMILES string of the molecule is C=C1C[C@@H]2CC[C@@]34C[C@H]5O[C@H]6[C@@H](O3)[C@H]3O[C@H](CC[C@@H]3O[C@H]6[C@H]5O4)CC(=O)C[C@@H]3[C@@H](OC)[C@@H](C[C@@H](CN4CCN(C(F)(F)F)CC4)OC)O[C@H]3C[C@H]3O[C@@H](CC[C@@H]1O2)C[C@@H](C)C3=C. The predicted molar refractivity (Wildman–Crippen MR) is 216 cm³/mol. The van der Waals surface area contributed by atoms with Gasteiger partial charge in [-0.25, -0.2) is 4.90 Å². The van der Waals surface area contributed by atoms with Crippen molar-refractivity contribution in [2.45, 2.75) is 200 Å². The summed E-state index contributed by atoms with van der Waals surface area (Å²) in [6.45, 7) is 12.0. The molecule has 19 atom stereocenters. The number of ether oxygens (including phenoxy) is 10. The van der Waals surface area contributed by atoms with Gasteiger partial charge in [0.2, 0.25) is 0 Å². The normalized spacial score (nSPS) is 48.3. The summed E-state index contributed by atoms with van der Waals surface area (Å²) in [5.41, 5.74) is 2.14. The molecule has 13 nitrogen and oxygen atoms in total. The zero-order chi connectivity index (χ0) is 43.1. The third-order valence-corrected chi connectivity index (χ3v) is 16.2. The fourth-order valence-electron chi connectivity index (χ4n) is 12.9. The fourth-order valence-corrected chi connectivity index (χ4v) is 12.9. The Morgan fingerprint density at radius 3 is 2.26 bits per heavy atom. The van der Waals surface area contributed by atoms with Crippen LogP contribution in [-0.4, -0.2) is 172 Å². The second kappa shape index (κ2) is 17.6. The van der Waals surface area contributed by atoms with E-state index in [1.165, 1.54) is 0 Å². The molecule has 62 heavy (non-hydrogen) atoms. The number of hydrogen-bond donors (Lipinski definition) is 0. The number of rotatable bonds is 6. The van der Waals surface area contributed by atoms with Crippen LogP contribution >= 0.6 is 0 Å². The van der Waals surface area contributed by atoms with E-state index in [4.69, 9.17) is 47.4 Å². The van der Waals surface area contributed by atoms with Gasteiger partial charge in [0.1, 0.15) is 36.3 Å². The van der Waals surface area contributed by atoms with Crippen LogP contribution in [0.5, 0.6) is 0 Å². The number of carbonyl (C=O) groups is 1. The Labute approximate surface area is 363 Å². The van der Waals surface area contributed by atoms with Crippen LogP contribution in [0.4, 0.5) is 13.2 Å². The topological polar surface area (TPSA) is 116 Å². The Morgan fingerprint density at radius 1 is 0.758 bits per heavy atom. The molecular weight excluding hydrogens is 814 g/mol. The van der Waals surface area contributed by atoms with Crippen LogP contribution in [0.1, 0.15) is 90.4 Å². The Balaban J connectivity index is 0.889. The number of methoxy groups -OCH3 is 2. The number of Topliss-reactive ketones (excluding diaryl/α,β-unsaturated/α-hetero) is 1. The minimum Gasteiger partial charge on any atom is -0.380 e. The molecule has 11 fully saturated rings. The fraction of sp³-hybridized carbons (Fsp3) is 0.891. The van der Waals surface area contributed by atoms with E-state index >= 15 is 0 Å². The van der Waals surface area contributed by atoms with Crippen LogP contribution in [-0.2, 0) is 52.2 Å². The van der Waals surface area contributed by atoms with E-state index in [9.17, 15) is 18.0 Å². The van der Waals surface area contributed by atoms with Gasteiger partial charge in [0, 0.05) is 91.4 Å². The molecule has 348 valence electrons. The van der Waals surface area contributed by atoms with E-state index in [1.54, 1.807) is 14.2 Å². The lowest BCUT2D eigenvalue weighted by Gasteiger charge is -2.47. The number of piperazine rings is 1. The first-order chi connectivity index (χ1) is 29.8. The van der Waals surface area contributed by atoms with E-state index in [-0.39, 0.29) is 136 Å². The van der Waals surface area contributed by atoms with Crippen LogP contribution in [0.25, 0.3) is 0 Å². The maximum Gasteiger partial charge on any atom is 0.460 e. The average Bonchev–Trinajstić information content (AvgIpc) is 3.92.